The van der Waals surface area contributed by atoms with Gasteiger partial charge in [0, 0.05) is 42.7 Å². The molecule has 2 aliphatic rings. The number of rotatable bonds is 5. The number of aliphatic hydroxyl groups excluding tert-OH is 1. The summed E-state index contributed by atoms with van der Waals surface area (Å²) in [4.78, 5) is 30.2. The van der Waals surface area contributed by atoms with Crippen LogP contribution in [0.4, 0.5) is 4.39 Å². The smallest absolute Gasteiger partial charge is 0.257 e. The van der Waals surface area contributed by atoms with Gasteiger partial charge in [0.1, 0.15) is 12.1 Å². The van der Waals surface area contributed by atoms with Crippen molar-refractivity contribution in [3.05, 3.63) is 61.7 Å². The molecule has 0 saturated heterocycles. The zero-order valence-electron chi connectivity index (χ0n) is 20.4. The van der Waals surface area contributed by atoms with E-state index in [4.69, 9.17) is 14.8 Å². The Morgan fingerprint density at radius 3 is 2.71 bits per heavy atom. The average Bonchev–Trinajstić information content (AvgIpc) is 3.21. The van der Waals surface area contributed by atoms with Crippen LogP contribution in [0.3, 0.4) is 0 Å². The van der Waals surface area contributed by atoms with Gasteiger partial charge in [-0.25, -0.2) is 9.37 Å². The third-order valence-corrected chi connectivity index (χ3v) is 7.35. The number of aromatic nitrogens is 2. The molecule has 2 aromatic heterocycles. The van der Waals surface area contributed by atoms with Crippen molar-refractivity contribution in [2.24, 2.45) is 0 Å². The number of hydrogen-bond donors (Lipinski definition) is 1. The fourth-order valence-electron chi connectivity index (χ4n) is 5.60. The second-order valence-corrected chi connectivity index (χ2v) is 9.09. The van der Waals surface area contributed by atoms with Gasteiger partial charge in [-0.3, -0.25) is 4.79 Å². The monoisotopic (exact) mass is 466 g/mol. The van der Waals surface area contributed by atoms with Crippen LogP contribution in [-0.4, -0.2) is 35.2 Å². The summed E-state index contributed by atoms with van der Waals surface area (Å²) < 4.78 is 21.8. The SMILES string of the molecule is CCC(C=O)c1cc2n(c(=O)c1COC)Cc1c-2nc2cc(F)c(C)c3c2c1C(C)CC3.CO. The van der Waals surface area contributed by atoms with Crippen molar-refractivity contribution >= 4 is 17.2 Å². The number of ether oxygens (including phenoxy) is 1. The van der Waals surface area contributed by atoms with Gasteiger partial charge in [-0.2, -0.15) is 0 Å². The van der Waals surface area contributed by atoms with Gasteiger partial charge in [-0.1, -0.05) is 13.8 Å². The van der Waals surface area contributed by atoms with E-state index < -0.39 is 0 Å². The highest BCUT2D eigenvalue weighted by molar-refractivity contribution is 5.93. The van der Waals surface area contributed by atoms with E-state index in [0.717, 1.165) is 48.4 Å². The Morgan fingerprint density at radius 1 is 1.32 bits per heavy atom. The number of pyridine rings is 2. The van der Waals surface area contributed by atoms with Crippen LogP contribution in [0.5, 0.6) is 0 Å². The molecule has 3 heterocycles. The van der Waals surface area contributed by atoms with Crippen LogP contribution in [0, 0.1) is 12.7 Å². The Balaban J connectivity index is 0.00000133. The lowest BCUT2D eigenvalue weighted by Gasteiger charge is -2.26. The van der Waals surface area contributed by atoms with Gasteiger partial charge in [0.15, 0.2) is 0 Å². The third-order valence-electron chi connectivity index (χ3n) is 7.35. The number of aliphatic hydroxyl groups is 1. The van der Waals surface area contributed by atoms with E-state index in [2.05, 4.69) is 6.92 Å². The van der Waals surface area contributed by atoms with Gasteiger partial charge in [0.2, 0.25) is 0 Å². The number of benzene rings is 1. The van der Waals surface area contributed by atoms with Crippen LogP contribution in [0.15, 0.2) is 16.9 Å². The Kier molecular flexibility index (Phi) is 6.69. The zero-order chi connectivity index (χ0) is 24.7. The lowest BCUT2D eigenvalue weighted by atomic mass is 9.79. The number of halogens is 1. The van der Waals surface area contributed by atoms with Crippen molar-refractivity contribution in [2.45, 2.75) is 65.0 Å². The Bertz CT molecular complexity index is 1350. The van der Waals surface area contributed by atoms with E-state index >= 15 is 0 Å². The largest absolute Gasteiger partial charge is 0.400 e. The first-order valence-corrected chi connectivity index (χ1v) is 11.7. The minimum absolute atomic E-state index is 0.139. The molecule has 2 atom stereocenters. The number of methoxy groups -OCH3 is 1. The van der Waals surface area contributed by atoms with Crippen molar-refractivity contribution in [3.8, 4) is 11.4 Å². The predicted octanol–water partition coefficient (Wildman–Crippen LogP) is 4.37. The molecule has 1 aliphatic carbocycles. The number of aryl methyl sites for hydroxylation is 1. The van der Waals surface area contributed by atoms with E-state index in [1.165, 1.54) is 11.6 Å². The fourth-order valence-corrected chi connectivity index (χ4v) is 5.60. The van der Waals surface area contributed by atoms with Crippen LogP contribution >= 0.6 is 0 Å². The van der Waals surface area contributed by atoms with Gasteiger partial charge < -0.3 is 19.2 Å². The molecule has 0 radical (unpaired) electrons. The summed E-state index contributed by atoms with van der Waals surface area (Å²) in [6.07, 6.45) is 3.26. The average molecular weight is 467 g/mol. The molecule has 7 heteroatoms. The Morgan fingerprint density at radius 2 is 2.06 bits per heavy atom. The quantitative estimate of drug-likeness (QED) is 0.442. The van der Waals surface area contributed by atoms with Crippen molar-refractivity contribution < 1.29 is 19.0 Å². The molecule has 180 valence electrons. The van der Waals surface area contributed by atoms with Crippen molar-refractivity contribution in [3.63, 3.8) is 0 Å². The molecular formula is C27H31FN2O4. The minimum Gasteiger partial charge on any atom is -0.400 e. The Hall–Kier alpha value is -2.90. The normalized spacial score (nSPS) is 16.5. The molecule has 1 aromatic carbocycles. The summed E-state index contributed by atoms with van der Waals surface area (Å²) in [6.45, 7) is 6.56. The number of carbonyl (C=O) groups is 1. The molecule has 0 spiro atoms. The van der Waals surface area contributed by atoms with E-state index in [0.29, 0.717) is 46.8 Å². The van der Waals surface area contributed by atoms with Crippen molar-refractivity contribution in [1.82, 2.24) is 9.55 Å². The van der Waals surface area contributed by atoms with Gasteiger partial charge in [0.05, 0.1) is 30.1 Å². The topological polar surface area (TPSA) is 81.4 Å². The number of aldehydes is 1. The van der Waals surface area contributed by atoms with Crippen LogP contribution in [0.2, 0.25) is 0 Å². The molecule has 0 fully saturated rings. The summed E-state index contributed by atoms with van der Waals surface area (Å²) in [5, 5.41) is 8.05. The maximum Gasteiger partial charge on any atom is 0.257 e. The summed E-state index contributed by atoms with van der Waals surface area (Å²) in [7, 11) is 2.55. The zero-order valence-corrected chi connectivity index (χ0v) is 20.4. The van der Waals surface area contributed by atoms with Crippen LogP contribution in [-0.2, 0) is 29.1 Å². The predicted molar refractivity (Wildman–Crippen MR) is 130 cm³/mol. The minimum atomic E-state index is -0.382. The lowest BCUT2D eigenvalue weighted by molar-refractivity contribution is -0.109. The molecule has 0 amide bonds. The van der Waals surface area contributed by atoms with Crippen molar-refractivity contribution in [2.75, 3.05) is 14.2 Å². The summed E-state index contributed by atoms with van der Waals surface area (Å²) in [6, 6.07) is 3.45. The highest BCUT2D eigenvalue weighted by Crippen LogP contribution is 2.45. The summed E-state index contributed by atoms with van der Waals surface area (Å²) >= 11 is 0. The van der Waals surface area contributed by atoms with Gasteiger partial charge in [-0.05, 0) is 60.4 Å². The number of fused-ring (bicyclic) bond motifs is 4. The lowest BCUT2D eigenvalue weighted by Crippen LogP contribution is -2.26. The van der Waals surface area contributed by atoms with Gasteiger partial charge >= 0.3 is 0 Å². The second kappa shape index (κ2) is 9.39. The highest BCUT2D eigenvalue weighted by Gasteiger charge is 2.33. The molecule has 1 aliphatic heterocycles. The highest BCUT2D eigenvalue weighted by atomic mass is 19.1. The first-order valence-electron chi connectivity index (χ1n) is 11.7. The Labute approximate surface area is 198 Å². The van der Waals surface area contributed by atoms with E-state index in [1.54, 1.807) is 11.7 Å². The second-order valence-electron chi connectivity index (χ2n) is 9.09. The summed E-state index contributed by atoms with van der Waals surface area (Å²) in [5.41, 5.74) is 7.15. The number of nitrogens with zero attached hydrogens (tertiary/aromatic N) is 2. The molecule has 1 N–H and O–H groups in total. The molecule has 6 nitrogen and oxygen atoms in total. The molecular weight excluding hydrogens is 435 g/mol. The van der Waals surface area contributed by atoms with Crippen LogP contribution in [0.25, 0.3) is 22.3 Å². The standard InChI is InChI=1S/C26H27FN2O3.CH4O/c1-5-15(11-30)17-8-22-25-18(10-29(22)26(31)19(17)12-32-4)23-13(2)6-7-16-14(3)20(27)9-21(28-25)24(16)23;1-2/h8-9,11,13,15H,5-7,10,12H2,1-4H3;2H,1H3. The van der Waals surface area contributed by atoms with Gasteiger partial charge in [0.25, 0.3) is 5.56 Å². The van der Waals surface area contributed by atoms with E-state index in [1.807, 2.05) is 19.9 Å². The summed E-state index contributed by atoms with van der Waals surface area (Å²) in [5.74, 6) is -0.320. The van der Waals surface area contributed by atoms with E-state index in [9.17, 15) is 14.0 Å². The molecule has 34 heavy (non-hydrogen) atoms. The molecule has 3 aromatic rings. The maximum absolute atomic E-state index is 14.7. The number of hydrogen-bond acceptors (Lipinski definition) is 5. The third kappa shape index (κ3) is 3.49. The van der Waals surface area contributed by atoms with Crippen LogP contribution < -0.4 is 5.56 Å². The first kappa shape index (κ1) is 24.2. The van der Waals surface area contributed by atoms with E-state index in [-0.39, 0.29) is 23.9 Å². The van der Waals surface area contributed by atoms with Crippen molar-refractivity contribution in [1.29, 1.82) is 0 Å². The van der Waals surface area contributed by atoms with Gasteiger partial charge in [-0.15, -0.1) is 0 Å². The molecule has 0 bridgehead atoms. The maximum atomic E-state index is 14.7. The molecule has 2 unspecified atom stereocenters. The fraction of sp³-hybridized carbons (Fsp3) is 0.444. The molecule has 5 rings (SSSR count). The first-order chi connectivity index (χ1) is 16.4. The van der Waals surface area contributed by atoms with Crippen LogP contribution in [0.1, 0.15) is 71.9 Å². The number of carbonyl (C=O) groups excluding carboxylic acids is 1. The molecule has 0 saturated carbocycles.